The van der Waals surface area contributed by atoms with Crippen LogP contribution in [0.25, 0.3) is 22.3 Å². The summed E-state index contributed by atoms with van der Waals surface area (Å²) in [7, 11) is 1.59. The Morgan fingerprint density at radius 2 is 1.77 bits per heavy atom. The molecule has 10 heteroatoms. The number of ether oxygens (including phenoxy) is 2. The Morgan fingerprint density at radius 3 is 2.60 bits per heavy atom. The molecule has 2 N–H and O–H groups in total. The Labute approximate surface area is 197 Å². The zero-order valence-corrected chi connectivity index (χ0v) is 18.3. The van der Waals surface area contributed by atoms with E-state index in [1.165, 1.54) is 12.1 Å². The maximum atomic E-state index is 13.0. The minimum Gasteiger partial charge on any atom is -0.497 e. The molecule has 0 aliphatic carbocycles. The van der Waals surface area contributed by atoms with Crippen LogP contribution in [0.4, 0.5) is 24.8 Å². The van der Waals surface area contributed by atoms with Gasteiger partial charge in [0.25, 0.3) is 0 Å². The molecule has 0 fully saturated rings. The Bertz CT molecular complexity index is 1500. The maximum absolute atomic E-state index is 13.0. The third kappa shape index (κ3) is 4.86. The second-order valence-corrected chi connectivity index (χ2v) is 7.53. The molecule has 176 valence electrons. The molecule has 0 aliphatic rings. The lowest BCUT2D eigenvalue weighted by molar-refractivity contribution is -0.137. The standard InChI is InChI=1S/C25H18F3N5O2/c1-34-18-8-9-21-20(14-18)22(10-11-29-21)35-19-7-2-4-15(12-19)23-31-24(33-32-23)30-17-6-3-5-16(13-17)25(26,27)28/h2-14H,1H3,(H2,30,31,32,33). The molecule has 5 rings (SSSR count). The summed E-state index contributed by atoms with van der Waals surface area (Å²) in [5.41, 5.74) is 0.912. The SMILES string of the molecule is COc1ccc2nccc(Oc3cccc(-c4nc(Nc5cccc(C(F)(F)F)c5)n[nH]4)c3)c2c1. The van der Waals surface area contributed by atoms with Crippen molar-refractivity contribution in [3.63, 3.8) is 0 Å². The minimum atomic E-state index is -4.44. The molecule has 0 spiro atoms. The van der Waals surface area contributed by atoms with E-state index in [-0.39, 0.29) is 11.6 Å². The summed E-state index contributed by atoms with van der Waals surface area (Å²) in [6, 6.07) is 19.3. The summed E-state index contributed by atoms with van der Waals surface area (Å²) >= 11 is 0. The number of fused-ring (bicyclic) bond motifs is 1. The molecule has 0 amide bonds. The number of rotatable bonds is 6. The van der Waals surface area contributed by atoms with Crippen LogP contribution in [0.5, 0.6) is 17.2 Å². The van der Waals surface area contributed by atoms with Gasteiger partial charge in [0.1, 0.15) is 17.2 Å². The van der Waals surface area contributed by atoms with Crippen LogP contribution < -0.4 is 14.8 Å². The zero-order chi connectivity index (χ0) is 24.4. The van der Waals surface area contributed by atoms with E-state index < -0.39 is 11.7 Å². The van der Waals surface area contributed by atoms with Crippen molar-refractivity contribution in [3.8, 4) is 28.6 Å². The lowest BCUT2D eigenvalue weighted by Gasteiger charge is -2.10. The van der Waals surface area contributed by atoms with Crippen molar-refractivity contribution in [2.75, 3.05) is 12.4 Å². The van der Waals surface area contributed by atoms with Crippen molar-refractivity contribution >= 4 is 22.5 Å². The number of pyridine rings is 1. The van der Waals surface area contributed by atoms with Gasteiger partial charge in [0.05, 0.1) is 18.2 Å². The predicted octanol–water partition coefficient (Wildman–Crippen LogP) is 6.58. The fourth-order valence-corrected chi connectivity index (χ4v) is 3.50. The van der Waals surface area contributed by atoms with Crippen LogP contribution >= 0.6 is 0 Å². The molecular weight excluding hydrogens is 459 g/mol. The molecule has 0 unspecified atom stereocenters. The molecule has 3 aromatic carbocycles. The van der Waals surface area contributed by atoms with Crippen molar-refractivity contribution in [1.29, 1.82) is 0 Å². The molecular formula is C25H18F3N5O2. The summed E-state index contributed by atoms with van der Waals surface area (Å²) in [5, 5.41) is 10.4. The van der Waals surface area contributed by atoms with Crippen LogP contribution in [0.2, 0.25) is 0 Å². The van der Waals surface area contributed by atoms with E-state index >= 15 is 0 Å². The van der Waals surface area contributed by atoms with Crippen molar-refractivity contribution in [2.24, 2.45) is 0 Å². The van der Waals surface area contributed by atoms with Crippen molar-refractivity contribution in [3.05, 3.63) is 84.6 Å². The summed E-state index contributed by atoms with van der Waals surface area (Å²) < 4.78 is 50.3. The van der Waals surface area contributed by atoms with Gasteiger partial charge in [-0.25, -0.2) is 0 Å². The first-order valence-corrected chi connectivity index (χ1v) is 10.5. The highest BCUT2D eigenvalue weighted by molar-refractivity contribution is 5.86. The molecule has 0 radical (unpaired) electrons. The number of aromatic nitrogens is 4. The van der Waals surface area contributed by atoms with E-state index in [9.17, 15) is 13.2 Å². The third-order valence-electron chi connectivity index (χ3n) is 5.18. The summed E-state index contributed by atoms with van der Waals surface area (Å²) in [4.78, 5) is 8.70. The average Bonchev–Trinajstić information content (AvgIpc) is 3.32. The molecule has 0 aliphatic heterocycles. The van der Waals surface area contributed by atoms with E-state index in [4.69, 9.17) is 9.47 Å². The quantitative estimate of drug-likeness (QED) is 0.287. The van der Waals surface area contributed by atoms with Crippen molar-refractivity contribution in [1.82, 2.24) is 20.2 Å². The van der Waals surface area contributed by atoms with Crippen LogP contribution in [0.15, 0.2) is 79.0 Å². The monoisotopic (exact) mass is 477 g/mol. The molecule has 35 heavy (non-hydrogen) atoms. The van der Waals surface area contributed by atoms with Crippen LogP contribution in [-0.2, 0) is 6.18 Å². The normalized spacial score (nSPS) is 11.4. The first-order chi connectivity index (χ1) is 16.9. The van der Waals surface area contributed by atoms with E-state index in [1.807, 2.05) is 24.3 Å². The number of halogens is 3. The summed E-state index contributed by atoms with van der Waals surface area (Å²) in [5.74, 6) is 2.41. The summed E-state index contributed by atoms with van der Waals surface area (Å²) in [6.45, 7) is 0. The van der Waals surface area contributed by atoms with Gasteiger partial charge in [-0.05, 0) is 54.6 Å². The second-order valence-electron chi connectivity index (χ2n) is 7.53. The number of methoxy groups -OCH3 is 1. The highest BCUT2D eigenvalue weighted by Crippen LogP contribution is 2.33. The highest BCUT2D eigenvalue weighted by Gasteiger charge is 2.30. The van der Waals surface area contributed by atoms with Gasteiger partial charge < -0.3 is 14.8 Å². The van der Waals surface area contributed by atoms with Crippen molar-refractivity contribution < 1.29 is 22.6 Å². The van der Waals surface area contributed by atoms with Gasteiger partial charge in [0.15, 0.2) is 5.82 Å². The van der Waals surface area contributed by atoms with Crippen LogP contribution in [-0.4, -0.2) is 27.3 Å². The third-order valence-corrected chi connectivity index (χ3v) is 5.18. The molecule has 2 aromatic heterocycles. The Morgan fingerprint density at radius 1 is 0.914 bits per heavy atom. The van der Waals surface area contributed by atoms with E-state index in [0.717, 1.165) is 23.0 Å². The van der Waals surface area contributed by atoms with Gasteiger partial charge in [-0.3, -0.25) is 10.1 Å². The Hall–Kier alpha value is -4.60. The molecule has 0 saturated heterocycles. The molecule has 0 atom stereocenters. The van der Waals surface area contributed by atoms with Crippen LogP contribution in [0.1, 0.15) is 5.56 Å². The number of anilines is 2. The van der Waals surface area contributed by atoms with Gasteiger partial charge in [-0.1, -0.05) is 18.2 Å². The average molecular weight is 477 g/mol. The topological polar surface area (TPSA) is 84.9 Å². The molecule has 0 saturated carbocycles. The first kappa shape index (κ1) is 22.2. The number of hydrogen-bond acceptors (Lipinski definition) is 6. The lowest BCUT2D eigenvalue weighted by atomic mass is 10.2. The van der Waals surface area contributed by atoms with E-state index in [0.29, 0.717) is 28.6 Å². The van der Waals surface area contributed by atoms with Gasteiger partial charge in [0.2, 0.25) is 5.95 Å². The Kier molecular flexibility index (Phi) is 5.69. The van der Waals surface area contributed by atoms with Gasteiger partial charge in [-0.15, -0.1) is 5.10 Å². The van der Waals surface area contributed by atoms with Gasteiger partial charge in [0, 0.05) is 22.8 Å². The number of benzene rings is 3. The number of H-pyrrole nitrogens is 1. The van der Waals surface area contributed by atoms with E-state index in [2.05, 4.69) is 25.5 Å². The van der Waals surface area contributed by atoms with Crippen molar-refractivity contribution in [2.45, 2.75) is 6.18 Å². The molecule has 0 bridgehead atoms. The number of hydrogen-bond donors (Lipinski definition) is 2. The van der Waals surface area contributed by atoms with Crippen LogP contribution in [0.3, 0.4) is 0 Å². The zero-order valence-electron chi connectivity index (χ0n) is 18.3. The summed E-state index contributed by atoms with van der Waals surface area (Å²) in [6.07, 6.45) is -2.77. The minimum absolute atomic E-state index is 0.137. The van der Waals surface area contributed by atoms with Gasteiger partial charge >= 0.3 is 6.18 Å². The molecule has 5 aromatic rings. The highest BCUT2D eigenvalue weighted by atomic mass is 19.4. The van der Waals surface area contributed by atoms with Gasteiger partial charge in [-0.2, -0.15) is 18.2 Å². The number of nitrogens with zero attached hydrogens (tertiary/aromatic N) is 3. The fraction of sp³-hybridized carbons (Fsp3) is 0.0800. The fourth-order valence-electron chi connectivity index (χ4n) is 3.50. The Balaban J connectivity index is 1.38. The lowest BCUT2D eigenvalue weighted by Crippen LogP contribution is -2.05. The maximum Gasteiger partial charge on any atom is 0.416 e. The number of alkyl halides is 3. The number of nitrogens with one attached hydrogen (secondary N) is 2. The molecule has 7 nitrogen and oxygen atoms in total. The first-order valence-electron chi connectivity index (χ1n) is 10.5. The van der Waals surface area contributed by atoms with Crippen LogP contribution in [0, 0.1) is 0 Å². The van der Waals surface area contributed by atoms with E-state index in [1.54, 1.807) is 37.6 Å². The molecule has 2 heterocycles. The smallest absolute Gasteiger partial charge is 0.416 e. The number of aromatic amines is 1. The largest absolute Gasteiger partial charge is 0.497 e. The predicted molar refractivity (Wildman–Crippen MR) is 125 cm³/mol. The second kappa shape index (κ2) is 8.98.